The molecule has 4 rings (SSSR count). The van der Waals surface area contributed by atoms with Crippen LogP contribution in [0.4, 0.5) is 0 Å². The van der Waals surface area contributed by atoms with Crippen LogP contribution in [0.3, 0.4) is 0 Å². The molecule has 2 saturated carbocycles. The van der Waals surface area contributed by atoms with E-state index in [4.69, 9.17) is 0 Å². The van der Waals surface area contributed by atoms with E-state index in [9.17, 15) is 0 Å². The SMILES string of the molecule is Cc1cc([C]2[CH][CH][CH][CH]2)s[n+]1-c1ccccc1.II.II.[CH]1[CH][CH][CH][CH]1.[Fe].[I-]. The molecule has 1 nitrogen and oxygen atoms in total. The zero-order valence-electron chi connectivity index (χ0n) is 14.8. The van der Waals surface area contributed by atoms with Crippen LogP contribution in [-0.4, -0.2) is 0 Å². The van der Waals surface area contributed by atoms with E-state index in [1.54, 1.807) is 11.5 Å². The summed E-state index contributed by atoms with van der Waals surface area (Å²) in [6, 6.07) is 12.7. The first kappa shape index (κ1) is 33.2. The minimum atomic E-state index is 0. The third-order valence-corrected chi connectivity index (χ3v) is 4.58. The first-order valence-corrected chi connectivity index (χ1v) is 20.9. The standard InChI is InChI=1S/C15H13NS.C5H5.Fe.2I2.HI/c1-12-11-15(13-7-5-6-8-13)17-16(12)14-9-3-2-4-10-14;1-2-4-5-3-1;;2*1-2;/h2-11H,1H3;1-5H;;;;1H/q+1;;;;;/p-1. The quantitative estimate of drug-likeness (QED) is 0.235. The number of para-hydroxylation sites is 1. The van der Waals surface area contributed by atoms with Crippen molar-refractivity contribution >= 4 is 86.0 Å². The Kier molecular flexibility index (Phi) is 25.9. The van der Waals surface area contributed by atoms with Crippen LogP contribution in [0.5, 0.6) is 0 Å². The zero-order chi connectivity index (χ0) is 19.2. The molecule has 2 fully saturated rings. The van der Waals surface area contributed by atoms with Gasteiger partial charge in [-0.1, -0.05) is 22.2 Å². The van der Waals surface area contributed by atoms with Crippen LogP contribution in [0, 0.1) is 70.6 Å². The summed E-state index contributed by atoms with van der Waals surface area (Å²) in [6.45, 7) is 2.15. The molecule has 152 valence electrons. The summed E-state index contributed by atoms with van der Waals surface area (Å²) in [4.78, 5) is 1.32. The van der Waals surface area contributed by atoms with Crippen LogP contribution in [0.25, 0.3) is 5.69 Å². The second-order valence-electron chi connectivity index (χ2n) is 5.01. The molecule has 0 amide bonds. The van der Waals surface area contributed by atoms with Crippen LogP contribution in [-0.2, 0) is 17.1 Å². The Balaban J connectivity index is 0. The predicted molar refractivity (Wildman–Crippen MR) is 148 cm³/mol. The van der Waals surface area contributed by atoms with Gasteiger partial charge in [-0.2, -0.15) is 0 Å². The third kappa shape index (κ3) is 12.3. The van der Waals surface area contributed by atoms with Crippen LogP contribution >= 0.6 is 86.0 Å². The molecule has 1 aromatic carbocycles. The van der Waals surface area contributed by atoms with Crippen molar-refractivity contribution in [2.24, 2.45) is 0 Å². The summed E-state index contributed by atoms with van der Waals surface area (Å²) < 4.78 is 2.27. The molecule has 2 aliphatic carbocycles. The summed E-state index contributed by atoms with van der Waals surface area (Å²) in [7, 11) is 0. The molecular formula is C20H18FeI5NS. The summed E-state index contributed by atoms with van der Waals surface area (Å²) in [5.74, 6) is 1.30. The molecule has 0 aliphatic heterocycles. The monoisotopic (exact) mass is 995 g/mol. The fourth-order valence-corrected chi connectivity index (χ4v) is 3.35. The summed E-state index contributed by atoms with van der Waals surface area (Å²) in [5.41, 5.74) is 2.50. The van der Waals surface area contributed by atoms with Crippen molar-refractivity contribution in [3.8, 4) is 5.69 Å². The molecule has 8 heteroatoms. The van der Waals surface area contributed by atoms with Crippen molar-refractivity contribution in [2.45, 2.75) is 6.92 Å². The molecule has 1 aromatic heterocycles. The van der Waals surface area contributed by atoms with E-state index in [2.05, 4.69) is 141 Å². The Hall–Kier alpha value is 3.02. The maximum Gasteiger partial charge on any atom is 0.225 e. The van der Waals surface area contributed by atoms with E-state index in [0.29, 0.717) is 0 Å². The van der Waals surface area contributed by atoms with Gasteiger partial charge in [-0.15, -0.1) is 0 Å². The fraction of sp³-hybridized carbons (Fsp3) is 0.0500. The number of hydrogen-bond acceptors (Lipinski definition) is 1. The molecule has 2 aromatic rings. The molecule has 0 saturated heterocycles. The minimum Gasteiger partial charge on any atom is -1.00 e. The number of hydrogen-bond donors (Lipinski definition) is 0. The number of halogens is 5. The van der Waals surface area contributed by atoms with Crippen LogP contribution in [0.2, 0.25) is 0 Å². The van der Waals surface area contributed by atoms with Gasteiger partial charge in [0.1, 0.15) is 11.5 Å². The Morgan fingerprint density at radius 3 is 1.68 bits per heavy atom. The molecule has 10 radical (unpaired) electrons. The van der Waals surface area contributed by atoms with Crippen molar-refractivity contribution in [3.63, 3.8) is 0 Å². The first-order chi connectivity index (χ1) is 12.8. The maximum atomic E-state index is 2.27. The molecule has 28 heavy (non-hydrogen) atoms. The van der Waals surface area contributed by atoms with Crippen molar-refractivity contribution < 1.29 is 45.0 Å². The third-order valence-electron chi connectivity index (χ3n) is 3.34. The van der Waals surface area contributed by atoms with Crippen molar-refractivity contribution in [3.05, 3.63) is 111 Å². The first-order valence-electron chi connectivity index (χ1n) is 7.60. The smallest absolute Gasteiger partial charge is 0.225 e. The molecule has 0 unspecified atom stereocenters. The molecule has 2 aliphatic rings. The average Bonchev–Trinajstić information content (AvgIpc) is 3.49. The number of aryl methyl sites for hydroxylation is 1. The fourth-order valence-electron chi connectivity index (χ4n) is 2.26. The minimum absolute atomic E-state index is 0. The maximum absolute atomic E-state index is 2.27. The van der Waals surface area contributed by atoms with Gasteiger partial charge in [-0.3, -0.25) is 0 Å². The Morgan fingerprint density at radius 1 is 0.750 bits per heavy atom. The average molecular weight is 995 g/mol. The van der Waals surface area contributed by atoms with Crippen LogP contribution in [0.15, 0.2) is 36.4 Å². The van der Waals surface area contributed by atoms with Gasteiger partial charge in [0.15, 0.2) is 5.69 Å². The summed E-state index contributed by atoms with van der Waals surface area (Å²) in [5, 5.41) is 0. The second kappa shape index (κ2) is 21.8. The second-order valence-corrected chi connectivity index (χ2v) is 5.99. The molecule has 0 spiro atoms. The van der Waals surface area contributed by atoms with Crippen molar-refractivity contribution in [1.82, 2.24) is 0 Å². The van der Waals surface area contributed by atoms with E-state index in [1.165, 1.54) is 22.2 Å². The molecule has 1 heterocycles. The normalized spacial score (nSPS) is 14.8. The number of benzene rings is 1. The van der Waals surface area contributed by atoms with E-state index >= 15 is 0 Å². The van der Waals surface area contributed by atoms with Gasteiger partial charge in [0, 0.05) is 123 Å². The Morgan fingerprint density at radius 2 is 1.21 bits per heavy atom. The number of rotatable bonds is 2. The van der Waals surface area contributed by atoms with Gasteiger partial charge in [-0.05, 0) is 57.8 Å². The Bertz CT molecular complexity index is 580. The number of aromatic nitrogens is 1. The molecule has 0 N–H and O–H groups in total. The topological polar surface area (TPSA) is 3.88 Å². The van der Waals surface area contributed by atoms with E-state index in [1.807, 2.05) is 38.2 Å². The van der Waals surface area contributed by atoms with Gasteiger partial charge in [-0.25, -0.2) is 0 Å². The molecule has 0 atom stereocenters. The van der Waals surface area contributed by atoms with Crippen LogP contribution in [0.1, 0.15) is 10.6 Å². The van der Waals surface area contributed by atoms with E-state index in [-0.39, 0.29) is 41.0 Å². The van der Waals surface area contributed by atoms with Crippen LogP contribution < -0.4 is 27.9 Å². The van der Waals surface area contributed by atoms with E-state index < -0.39 is 0 Å². The zero-order valence-corrected chi connectivity index (χ0v) is 27.5. The van der Waals surface area contributed by atoms with Crippen molar-refractivity contribution in [2.75, 3.05) is 0 Å². The van der Waals surface area contributed by atoms with Gasteiger partial charge >= 0.3 is 0 Å². The van der Waals surface area contributed by atoms with E-state index in [0.717, 1.165) is 0 Å². The molecular weight excluding hydrogens is 977 g/mol. The summed E-state index contributed by atoms with van der Waals surface area (Å²) in [6.07, 6.45) is 18.5. The van der Waals surface area contributed by atoms with Gasteiger partial charge in [0.25, 0.3) is 0 Å². The van der Waals surface area contributed by atoms with Gasteiger partial charge in [0.2, 0.25) is 5.69 Å². The van der Waals surface area contributed by atoms with Gasteiger partial charge in [0.05, 0.1) is 4.88 Å². The number of nitrogens with zero attached hydrogens (tertiary/aromatic N) is 1. The predicted octanol–water partition coefficient (Wildman–Crippen LogP) is 4.65. The Labute approximate surface area is 250 Å². The largest absolute Gasteiger partial charge is 1.00 e. The summed E-state index contributed by atoms with van der Waals surface area (Å²) >= 11 is 10.3. The molecule has 0 bridgehead atoms. The van der Waals surface area contributed by atoms with Crippen molar-refractivity contribution in [1.29, 1.82) is 0 Å². The van der Waals surface area contributed by atoms with Gasteiger partial charge < -0.3 is 24.0 Å².